The van der Waals surface area contributed by atoms with Crippen molar-refractivity contribution in [3.05, 3.63) is 29.3 Å². The van der Waals surface area contributed by atoms with Crippen molar-refractivity contribution in [2.45, 2.75) is 18.2 Å². The van der Waals surface area contributed by atoms with E-state index in [4.69, 9.17) is 9.84 Å². The first-order valence-electron chi connectivity index (χ1n) is 4.98. The number of halogens is 1. The molecule has 1 unspecified atom stereocenters. The van der Waals surface area contributed by atoms with Crippen LogP contribution in [0.25, 0.3) is 0 Å². The first-order valence-corrected chi connectivity index (χ1v) is 5.90. The van der Waals surface area contributed by atoms with Crippen LogP contribution in [0.5, 0.6) is 5.75 Å². The fourth-order valence-corrected chi connectivity index (χ4v) is 1.94. The van der Waals surface area contributed by atoms with Crippen molar-refractivity contribution in [1.29, 1.82) is 0 Å². The number of carbonyl (C=O) groups excluding carboxylic acids is 1. The third-order valence-electron chi connectivity index (χ3n) is 2.32. The maximum absolute atomic E-state index is 11.3. The quantitative estimate of drug-likeness (QED) is 0.848. The van der Waals surface area contributed by atoms with Crippen molar-refractivity contribution in [2.24, 2.45) is 0 Å². The number of alkyl halides is 1. The second-order valence-corrected chi connectivity index (χ2v) is 4.52. The Balaban J connectivity index is 3.18. The van der Waals surface area contributed by atoms with Gasteiger partial charge in [-0.3, -0.25) is 9.59 Å². The van der Waals surface area contributed by atoms with Gasteiger partial charge >= 0.3 is 5.97 Å². The normalized spacial score (nSPS) is 11.9. The molecule has 0 heterocycles. The van der Waals surface area contributed by atoms with Gasteiger partial charge in [0, 0.05) is 0 Å². The largest absolute Gasteiger partial charge is 0.497 e. The van der Waals surface area contributed by atoms with Crippen LogP contribution in [0.3, 0.4) is 0 Å². The summed E-state index contributed by atoms with van der Waals surface area (Å²) in [5.74, 6) is -0.433. The molecule has 4 nitrogen and oxygen atoms in total. The van der Waals surface area contributed by atoms with E-state index in [1.54, 1.807) is 18.2 Å². The molecule has 0 spiro atoms. The summed E-state index contributed by atoms with van der Waals surface area (Å²) < 4.78 is 5.04. The lowest BCUT2D eigenvalue weighted by molar-refractivity contribution is -0.136. The fraction of sp³-hybridized carbons (Fsp3) is 0.333. The lowest BCUT2D eigenvalue weighted by Crippen LogP contribution is -2.09. The summed E-state index contributed by atoms with van der Waals surface area (Å²) in [6, 6.07) is 5.05. The highest BCUT2D eigenvalue weighted by Gasteiger charge is 2.18. The number of benzene rings is 1. The van der Waals surface area contributed by atoms with E-state index in [9.17, 15) is 9.59 Å². The van der Waals surface area contributed by atoms with E-state index in [1.165, 1.54) is 14.0 Å². The predicted octanol–water partition coefficient (Wildman–Crippen LogP) is 2.35. The first kappa shape index (κ1) is 13.7. The molecule has 92 valence electrons. The number of rotatable bonds is 5. The zero-order valence-corrected chi connectivity index (χ0v) is 11.2. The van der Waals surface area contributed by atoms with Crippen LogP contribution in [0.4, 0.5) is 0 Å². The molecular formula is C12H13BrO4. The maximum atomic E-state index is 11.3. The zero-order valence-electron chi connectivity index (χ0n) is 9.57. The topological polar surface area (TPSA) is 63.6 Å². The molecule has 0 aromatic heterocycles. The highest BCUT2D eigenvalue weighted by Crippen LogP contribution is 2.30. The van der Waals surface area contributed by atoms with Crippen molar-refractivity contribution in [1.82, 2.24) is 0 Å². The summed E-state index contributed by atoms with van der Waals surface area (Å²) in [4.78, 5) is 21.6. The Labute approximate surface area is 108 Å². The van der Waals surface area contributed by atoms with Gasteiger partial charge in [0.15, 0.2) is 0 Å². The van der Waals surface area contributed by atoms with Crippen LogP contribution in [0.1, 0.15) is 22.9 Å². The molecule has 1 rings (SSSR count). The van der Waals surface area contributed by atoms with Gasteiger partial charge in [0.1, 0.15) is 11.5 Å². The Morgan fingerprint density at radius 2 is 2.12 bits per heavy atom. The van der Waals surface area contributed by atoms with Crippen LogP contribution in [-0.4, -0.2) is 24.0 Å². The second kappa shape index (κ2) is 5.82. The Hall–Kier alpha value is -1.36. The standard InChI is InChI=1S/C12H13BrO4/c1-7(14)12(13)10-4-3-9(17-2)5-8(10)6-11(15)16/h3-5,12H,6H2,1-2H3,(H,15,16). The summed E-state index contributed by atoms with van der Waals surface area (Å²) >= 11 is 3.25. The molecule has 0 bridgehead atoms. The van der Waals surface area contributed by atoms with Crippen molar-refractivity contribution >= 4 is 27.7 Å². The Morgan fingerprint density at radius 1 is 1.47 bits per heavy atom. The monoisotopic (exact) mass is 300 g/mol. The highest BCUT2D eigenvalue weighted by atomic mass is 79.9. The maximum Gasteiger partial charge on any atom is 0.307 e. The Bertz CT molecular complexity index is 442. The van der Waals surface area contributed by atoms with E-state index in [1.807, 2.05) is 0 Å². The number of carbonyl (C=O) groups is 2. The van der Waals surface area contributed by atoms with Crippen molar-refractivity contribution in [2.75, 3.05) is 7.11 Å². The minimum atomic E-state index is -0.942. The van der Waals surface area contributed by atoms with Crippen molar-refractivity contribution in [3.63, 3.8) is 0 Å². The Morgan fingerprint density at radius 3 is 2.59 bits per heavy atom. The van der Waals surface area contributed by atoms with Gasteiger partial charge in [-0.2, -0.15) is 0 Å². The average molecular weight is 301 g/mol. The molecule has 0 aliphatic carbocycles. The summed E-state index contributed by atoms with van der Waals surface area (Å²) in [6.07, 6.45) is -0.137. The van der Waals surface area contributed by atoms with E-state index in [0.717, 1.165) is 0 Å². The zero-order chi connectivity index (χ0) is 13.0. The number of hydrogen-bond acceptors (Lipinski definition) is 3. The SMILES string of the molecule is COc1ccc(C(Br)C(C)=O)c(CC(=O)O)c1. The number of aliphatic carboxylic acids is 1. The average Bonchev–Trinajstić information content (AvgIpc) is 2.27. The molecule has 0 fully saturated rings. The van der Waals surface area contributed by atoms with Crippen LogP contribution >= 0.6 is 15.9 Å². The third-order valence-corrected chi connectivity index (χ3v) is 3.46. The van der Waals surface area contributed by atoms with Gasteiger partial charge in [-0.05, 0) is 30.2 Å². The summed E-state index contributed by atoms with van der Waals surface area (Å²) in [5.41, 5.74) is 1.25. The molecule has 0 saturated heterocycles. The van der Waals surface area contributed by atoms with Gasteiger partial charge in [0.2, 0.25) is 0 Å². The molecule has 0 amide bonds. The van der Waals surface area contributed by atoms with Gasteiger partial charge in [0.05, 0.1) is 18.4 Å². The minimum Gasteiger partial charge on any atom is -0.497 e. The van der Waals surface area contributed by atoms with Crippen molar-refractivity contribution < 1.29 is 19.4 Å². The number of ketones is 1. The van der Waals surface area contributed by atoms with Crippen LogP contribution in [0.15, 0.2) is 18.2 Å². The number of hydrogen-bond donors (Lipinski definition) is 1. The van der Waals surface area contributed by atoms with Gasteiger partial charge in [-0.25, -0.2) is 0 Å². The molecule has 5 heteroatoms. The molecule has 1 aromatic carbocycles. The second-order valence-electron chi connectivity index (χ2n) is 3.61. The summed E-state index contributed by atoms with van der Waals surface area (Å²) in [6.45, 7) is 1.45. The molecular weight excluding hydrogens is 288 g/mol. The van der Waals surface area contributed by atoms with Crippen LogP contribution in [-0.2, 0) is 16.0 Å². The molecule has 0 aliphatic rings. The molecule has 1 N–H and O–H groups in total. The first-order chi connectivity index (χ1) is 7.95. The number of carboxylic acids is 1. The lowest BCUT2D eigenvalue weighted by Gasteiger charge is -2.13. The van der Waals surface area contributed by atoms with Gasteiger partial charge in [-0.1, -0.05) is 22.0 Å². The predicted molar refractivity (Wildman–Crippen MR) is 66.7 cm³/mol. The number of carboxylic acid groups (broad SMARTS) is 1. The smallest absolute Gasteiger partial charge is 0.307 e. The van der Waals surface area contributed by atoms with Gasteiger partial charge in [-0.15, -0.1) is 0 Å². The van der Waals surface area contributed by atoms with Crippen LogP contribution in [0.2, 0.25) is 0 Å². The molecule has 0 saturated carbocycles. The van der Waals surface area contributed by atoms with E-state index in [-0.39, 0.29) is 12.2 Å². The van der Waals surface area contributed by atoms with Crippen LogP contribution < -0.4 is 4.74 Å². The van der Waals surface area contributed by atoms with E-state index in [0.29, 0.717) is 16.9 Å². The molecule has 0 radical (unpaired) electrons. The minimum absolute atomic E-state index is 0.0678. The number of Topliss-reactive ketones (excluding diaryl/α,β-unsaturated/α-hetero) is 1. The molecule has 17 heavy (non-hydrogen) atoms. The lowest BCUT2D eigenvalue weighted by atomic mass is 10.00. The van der Waals surface area contributed by atoms with Gasteiger partial charge in [0.25, 0.3) is 0 Å². The van der Waals surface area contributed by atoms with Gasteiger partial charge < -0.3 is 9.84 Å². The summed E-state index contributed by atoms with van der Waals surface area (Å²) in [7, 11) is 1.51. The third kappa shape index (κ3) is 3.56. The van der Waals surface area contributed by atoms with E-state index >= 15 is 0 Å². The summed E-state index contributed by atoms with van der Waals surface area (Å²) in [5, 5.41) is 8.83. The molecule has 1 aromatic rings. The van der Waals surface area contributed by atoms with E-state index in [2.05, 4.69) is 15.9 Å². The van der Waals surface area contributed by atoms with Crippen LogP contribution in [0, 0.1) is 0 Å². The molecule has 0 aliphatic heterocycles. The Kier molecular flexibility index (Phi) is 4.69. The number of methoxy groups -OCH3 is 1. The highest BCUT2D eigenvalue weighted by molar-refractivity contribution is 9.09. The van der Waals surface area contributed by atoms with Crippen molar-refractivity contribution in [3.8, 4) is 5.75 Å². The fourth-order valence-electron chi connectivity index (χ4n) is 1.49. The number of ether oxygens (including phenoxy) is 1. The van der Waals surface area contributed by atoms with E-state index < -0.39 is 10.8 Å². The molecule has 1 atom stereocenters.